The molecule has 50 heavy (non-hydrogen) atoms. The number of allylic oxidation sites excluding steroid dienone is 3. The maximum atomic E-state index is 4.56. The third-order valence-electron chi connectivity index (χ3n) is 17.1. The van der Waals surface area contributed by atoms with Crippen molar-refractivity contribution in [1.82, 2.24) is 0 Å². The van der Waals surface area contributed by atoms with E-state index in [-0.39, 0.29) is 0 Å². The Kier molecular flexibility index (Phi) is 15.8. The van der Waals surface area contributed by atoms with Crippen LogP contribution in [0.5, 0.6) is 0 Å². The Morgan fingerprint density at radius 2 is 1.50 bits per heavy atom. The van der Waals surface area contributed by atoms with Crippen LogP contribution < -0.4 is 0 Å². The number of hydrogen-bond acceptors (Lipinski definition) is 0. The van der Waals surface area contributed by atoms with Crippen LogP contribution in [0.25, 0.3) is 0 Å². The van der Waals surface area contributed by atoms with Gasteiger partial charge in [0.25, 0.3) is 0 Å². The summed E-state index contributed by atoms with van der Waals surface area (Å²) in [4.78, 5) is 0. The Bertz CT molecular complexity index is 1030. The van der Waals surface area contributed by atoms with Gasteiger partial charge in [0.15, 0.2) is 0 Å². The Labute approximate surface area is 315 Å². The third kappa shape index (κ3) is 11.0. The van der Waals surface area contributed by atoms with Crippen molar-refractivity contribution in [3.05, 3.63) is 24.8 Å². The molecule has 0 heteroatoms. The molecule has 0 spiro atoms. The molecule has 4 aliphatic rings. The molecule has 4 rings (SSSR count). The van der Waals surface area contributed by atoms with Crippen molar-refractivity contribution in [1.29, 1.82) is 0 Å². The second-order valence-electron chi connectivity index (χ2n) is 21.5. The van der Waals surface area contributed by atoms with E-state index in [4.69, 9.17) is 0 Å². The van der Waals surface area contributed by atoms with Gasteiger partial charge in [-0.15, -0.1) is 6.58 Å². The predicted octanol–water partition coefficient (Wildman–Crippen LogP) is 15.6. The lowest BCUT2D eigenvalue weighted by Crippen LogP contribution is -2.30. The standard InChI is InChI=1S/C50H90/c1-15-33(5)27-36(8)37(9)29-42-20-24-45(35(7)19-17-32(3)4)39(11)43(16-2)21-22-44-30-38(10)49-41(13)46(49)23-18-34(6)28-47(44)40(12)48-31-50(48,14)26-25-42/h16,20,24,32-49H,2,15,17-19,21-23,25-31H2,1,3-14H3. The van der Waals surface area contributed by atoms with Gasteiger partial charge in [-0.2, -0.15) is 0 Å². The normalized spacial score (nSPS) is 43.9. The second-order valence-corrected chi connectivity index (χ2v) is 21.5. The fraction of sp³-hybridized carbons (Fsp3) is 0.920. The highest BCUT2D eigenvalue weighted by Crippen LogP contribution is 2.63. The van der Waals surface area contributed by atoms with E-state index in [0.717, 1.165) is 82.9 Å². The Morgan fingerprint density at radius 1 is 0.780 bits per heavy atom. The summed E-state index contributed by atoms with van der Waals surface area (Å²) in [5.74, 6) is 14.9. The van der Waals surface area contributed by atoms with E-state index in [1.807, 2.05) is 0 Å². The van der Waals surface area contributed by atoms with Crippen molar-refractivity contribution in [2.45, 2.75) is 180 Å². The average molecular weight is 691 g/mol. The topological polar surface area (TPSA) is 0 Å². The smallest absolute Gasteiger partial charge is 0.0176 e. The Balaban J connectivity index is 1.66. The van der Waals surface area contributed by atoms with Crippen molar-refractivity contribution in [3.63, 3.8) is 0 Å². The molecule has 0 aromatic carbocycles. The summed E-state index contributed by atoms with van der Waals surface area (Å²) in [6.07, 6.45) is 27.8. The van der Waals surface area contributed by atoms with Crippen molar-refractivity contribution in [3.8, 4) is 0 Å². The molecule has 3 saturated carbocycles. The van der Waals surface area contributed by atoms with Crippen LogP contribution in [-0.2, 0) is 0 Å². The van der Waals surface area contributed by atoms with E-state index >= 15 is 0 Å². The van der Waals surface area contributed by atoms with Gasteiger partial charge in [-0.25, -0.2) is 0 Å². The average Bonchev–Trinajstić information content (AvgIpc) is 3.95. The van der Waals surface area contributed by atoms with Gasteiger partial charge >= 0.3 is 0 Å². The lowest BCUT2D eigenvalue weighted by molar-refractivity contribution is 0.115. The first-order valence-corrected chi connectivity index (χ1v) is 22.9. The van der Waals surface area contributed by atoms with Gasteiger partial charge in [0.2, 0.25) is 0 Å². The minimum atomic E-state index is 0.559. The molecule has 0 N–H and O–H groups in total. The van der Waals surface area contributed by atoms with Crippen molar-refractivity contribution in [2.24, 2.45) is 112 Å². The van der Waals surface area contributed by atoms with E-state index < -0.39 is 0 Å². The quantitative estimate of drug-likeness (QED) is 0.189. The fourth-order valence-corrected chi connectivity index (χ4v) is 12.7. The highest BCUT2D eigenvalue weighted by atomic mass is 14.6. The van der Waals surface area contributed by atoms with Crippen molar-refractivity contribution in [2.75, 3.05) is 0 Å². The molecule has 0 aliphatic heterocycles. The molecule has 0 saturated heterocycles. The van der Waals surface area contributed by atoms with Crippen molar-refractivity contribution >= 4 is 0 Å². The van der Waals surface area contributed by atoms with Gasteiger partial charge in [-0.1, -0.05) is 127 Å². The van der Waals surface area contributed by atoms with Crippen LogP contribution in [-0.4, -0.2) is 0 Å². The summed E-state index contributed by atoms with van der Waals surface area (Å²) in [5, 5.41) is 0. The van der Waals surface area contributed by atoms with Crippen LogP contribution in [0.1, 0.15) is 180 Å². The predicted molar refractivity (Wildman–Crippen MR) is 223 cm³/mol. The van der Waals surface area contributed by atoms with Gasteiger partial charge in [0.05, 0.1) is 0 Å². The molecular weight excluding hydrogens is 601 g/mol. The van der Waals surface area contributed by atoms with E-state index in [9.17, 15) is 0 Å². The summed E-state index contributed by atoms with van der Waals surface area (Å²) < 4.78 is 0. The molecule has 18 unspecified atom stereocenters. The molecule has 0 amide bonds. The first-order valence-electron chi connectivity index (χ1n) is 22.9. The first-order chi connectivity index (χ1) is 23.6. The Hall–Kier alpha value is -0.520. The summed E-state index contributed by atoms with van der Waals surface area (Å²) >= 11 is 0. The summed E-state index contributed by atoms with van der Waals surface area (Å²) in [6, 6.07) is 0. The number of hydrogen-bond donors (Lipinski definition) is 0. The molecular formula is C50H90. The molecule has 4 aliphatic carbocycles. The SMILES string of the molecule is C=CC1CCC2CC(C)C3C(C)C3CCC(C)CC2C(C)C2CC2(C)CCC(CC(C)C(C)CC(C)CC)C=CC(C(C)CCC(C)C)C1C. The van der Waals surface area contributed by atoms with E-state index in [2.05, 4.69) is 115 Å². The van der Waals surface area contributed by atoms with E-state index in [0.29, 0.717) is 29.1 Å². The van der Waals surface area contributed by atoms with Gasteiger partial charge < -0.3 is 0 Å². The van der Waals surface area contributed by atoms with Crippen LogP contribution in [0, 0.1) is 112 Å². The lowest BCUT2D eigenvalue weighted by atomic mass is 9.66. The maximum absolute atomic E-state index is 4.56. The van der Waals surface area contributed by atoms with Gasteiger partial charge in [0, 0.05) is 0 Å². The van der Waals surface area contributed by atoms with Gasteiger partial charge in [-0.3, -0.25) is 0 Å². The maximum Gasteiger partial charge on any atom is -0.0176 e. The molecule has 0 bridgehead atoms. The van der Waals surface area contributed by atoms with Crippen molar-refractivity contribution < 1.29 is 0 Å². The minimum Gasteiger partial charge on any atom is -0.103 e. The summed E-state index contributed by atoms with van der Waals surface area (Å²) in [5.41, 5.74) is 0.559. The minimum absolute atomic E-state index is 0.559. The molecule has 290 valence electrons. The molecule has 0 aromatic heterocycles. The zero-order valence-electron chi connectivity index (χ0n) is 36.2. The summed E-state index contributed by atoms with van der Waals surface area (Å²) in [6.45, 7) is 38.0. The molecule has 0 aromatic rings. The highest BCUT2D eigenvalue weighted by molar-refractivity contribution is 5.07. The number of fused-ring (bicyclic) bond motifs is 3. The highest BCUT2D eigenvalue weighted by Gasteiger charge is 2.55. The van der Waals surface area contributed by atoms with Gasteiger partial charge in [-0.05, 0) is 183 Å². The largest absolute Gasteiger partial charge is 0.103 e. The zero-order chi connectivity index (χ0) is 36.9. The van der Waals surface area contributed by atoms with E-state index in [1.54, 1.807) is 0 Å². The zero-order valence-corrected chi connectivity index (χ0v) is 36.2. The van der Waals surface area contributed by atoms with E-state index in [1.165, 1.54) is 89.9 Å². The molecule has 3 fully saturated rings. The molecule has 18 atom stereocenters. The summed E-state index contributed by atoms with van der Waals surface area (Å²) in [7, 11) is 0. The number of rotatable bonds is 11. The van der Waals surface area contributed by atoms with Crippen LogP contribution in [0.4, 0.5) is 0 Å². The second kappa shape index (κ2) is 18.7. The lowest BCUT2D eigenvalue weighted by Gasteiger charge is -2.39. The van der Waals surface area contributed by atoms with Crippen LogP contribution in [0.2, 0.25) is 0 Å². The first kappa shape index (κ1) is 42.2. The van der Waals surface area contributed by atoms with Crippen LogP contribution in [0.3, 0.4) is 0 Å². The Morgan fingerprint density at radius 3 is 2.16 bits per heavy atom. The fourth-order valence-electron chi connectivity index (χ4n) is 12.7. The molecule has 0 nitrogen and oxygen atoms in total. The van der Waals surface area contributed by atoms with Crippen LogP contribution in [0.15, 0.2) is 24.8 Å². The molecule has 0 heterocycles. The molecule has 0 radical (unpaired) electrons. The van der Waals surface area contributed by atoms with Crippen LogP contribution >= 0.6 is 0 Å². The van der Waals surface area contributed by atoms with Gasteiger partial charge in [0.1, 0.15) is 0 Å². The monoisotopic (exact) mass is 691 g/mol. The third-order valence-corrected chi connectivity index (χ3v) is 17.1.